The summed E-state index contributed by atoms with van der Waals surface area (Å²) in [6, 6.07) is 15.6. The highest BCUT2D eigenvalue weighted by atomic mass is 32.1. The first kappa shape index (κ1) is 20.7. The number of carbonyl (C=O) groups is 1. The number of fused-ring (bicyclic) bond motifs is 1. The second-order valence-electron chi connectivity index (χ2n) is 8.15. The molecule has 1 fully saturated rings. The van der Waals surface area contributed by atoms with Gasteiger partial charge in [0.2, 0.25) is 0 Å². The van der Waals surface area contributed by atoms with E-state index in [9.17, 15) is 4.79 Å². The zero-order chi connectivity index (χ0) is 22.1. The fourth-order valence-electron chi connectivity index (χ4n) is 4.19. The van der Waals surface area contributed by atoms with Crippen LogP contribution >= 0.6 is 11.3 Å². The molecule has 7 heteroatoms. The molecule has 0 bridgehead atoms. The predicted molar refractivity (Wildman–Crippen MR) is 124 cm³/mol. The number of likely N-dealkylation sites (tertiary alicyclic amines) is 1. The molecule has 2 aromatic carbocycles. The highest BCUT2D eigenvalue weighted by molar-refractivity contribution is 7.18. The summed E-state index contributed by atoms with van der Waals surface area (Å²) < 4.78 is 12.2. The summed E-state index contributed by atoms with van der Waals surface area (Å²) >= 11 is 1.69. The van der Waals surface area contributed by atoms with Crippen molar-refractivity contribution in [1.82, 2.24) is 15.0 Å². The van der Waals surface area contributed by atoms with Gasteiger partial charge in [-0.25, -0.2) is 4.98 Å². The van der Waals surface area contributed by atoms with Crippen LogP contribution in [0.4, 0.5) is 0 Å². The summed E-state index contributed by atoms with van der Waals surface area (Å²) in [5.41, 5.74) is 3.46. The molecule has 164 valence electrons. The molecule has 0 radical (unpaired) electrons. The van der Waals surface area contributed by atoms with Gasteiger partial charge in [-0.3, -0.25) is 4.79 Å². The van der Waals surface area contributed by atoms with Crippen molar-refractivity contribution in [3.05, 3.63) is 76.1 Å². The first-order valence-corrected chi connectivity index (χ1v) is 11.7. The van der Waals surface area contributed by atoms with Crippen molar-refractivity contribution in [3.63, 3.8) is 0 Å². The van der Waals surface area contributed by atoms with E-state index in [2.05, 4.69) is 11.2 Å². The number of ether oxygens (including phenoxy) is 1. The Balaban J connectivity index is 1.31. The fourth-order valence-corrected chi connectivity index (χ4v) is 5.30. The third-order valence-corrected chi connectivity index (χ3v) is 7.16. The maximum absolute atomic E-state index is 13.4. The van der Waals surface area contributed by atoms with Crippen LogP contribution in [0.3, 0.4) is 0 Å². The van der Waals surface area contributed by atoms with Gasteiger partial charge in [0.15, 0.2) is 0 Å². The minimum atomic E-state index is 0.0316. The lowest BCUT2D eigenvalue weighted by atomic mass is 10.0. The van der Waals surface area contributed by atoms with Gasteiger partial charge < -0.3 is 14.2 Å². The van der Waals surface area contributed by atoms with Crippen LogP contribution in [0.2, 0.25) is 0 Å². The maximum Gasteiger partial charge on any atom is 0.254 e. The zero-order valence-corrected chi connectivity index (χ0v) is 19.0. The molecule has 1 amide bonds. The van der Waals surface area contributed by atoms with Crippen molar-refractivity contribution < 1.29 is 14.1 Å². The van der Waals surface area contributed by atoms with Gasteiger partial charge in [-0.1, -0.05) is 17.3 Å². The van der Waals surface area contributed by atoms with Crippen LogP contribution in [0.25, 0.3) is 10.2 Å². The van der Waals surface area contributed by atoms with Crippen LogP contribution in [0.1, 0.15) is 57.7 Å². The molecular weight excluding hydrogens is 422 g/mol. The number of thiazole rings is 1. The number of rotatable bonds is 5. The van der Waals surface area contributed by atoms with E-state index in [-0.39, 0.29) is 11.9 Å². The average molecular weight is 448 g/mol. The molecule has 2 aromatic heterocycles. The third-order valence-electron chi connectivity index (χ3n) is 6.02. The minimum absolute atomic E-state index is 0.0316. The molecule has 1 aliphatic rings. The second kappa shape index (κ2) is 8.74. The number of aromatic nitrogens is 2. The molecule has 0 saturated carbocycles. The first-order chi connectivity index (χ1) is 15.6. The van der Waals surface area contributed by atoms with E-state index in [1.54, 1.807) is 11.3 Å². The van der Waals surface area contributed by atoms with Gasteiger partial charge in [0, 0.05) is 12.1 Å². The van der Waals surface area contributed by atoms with Crippen molar-refractivity contribution in [1.29, 1.82) is 0 Å². The van der Waals surface area contributed by atoms with Crippen molar-refractivity contribution in [2.75, 3.05) is 6.54 Å². The number of carbonyl (C=O) groups excluding carboxylic acids is 1. The van der Waals surface area contributed by atoms with Crippen molar-refractivity contribution >= 4 is 27.5 Å². The quantitative estimate of drug-likeness (QED) is 0.384. The number of benzene rings is 2. The third kappa shape index (κ3) is 4.00. The smallest absolute Gasteiger partial charge is 0.254 e. The molecule has 1 atom stereocenters. The van der Waals surface area contributed by atoms with Crippen molar-refractivity contribution in [2.24, 2.45) is 0 Å². The highest BCUT2D eigenvalue weighted by Crippen LogP contribution is 2.36. The standard InChI is InChI=1S/C25H25N3O3S/c1-16-20(17(2)31-27-16)15-30-19-12-10-18(11-13-19)25(29)28-14-6-5-8-22(28)24-26-21-7-3-4-9-23(21)32-24/h3-4,7,9-13,22H,5-6,8,14-15H2,1-2H3/t22-/m0/s1. The molecule has 0 spiro atoms. The monoisotopic (exact) mass is 447 g/mol. The molecule has 3 heterocycles. The Labute approximate surface area is 190 Å². The van der Waals surface area contributed by atoms with Gasteiger partial charge in [-0.2, -0.15) is 0 Å². The Bertz CT molecular complexity index is 1190. The van der Waals surface area contributed by atoms with E-state index < -0.39 is 0 Å². The number of aryl methyl sites for hydroxylation is 2. The van der Waals surface area contributed by atoms with Crippen LogP contribution in [0.15, 0.2) is 53.1 Å². The van der Waals surface area contributed by atoms with Crippen molar-refractivity contribution in [2.45, 2.75) is 45.8 Å². The number of para-hydroxylation sites is 1. The molecule has 1 saturated heterocycles. The van der Waals surface area contributed by atoms with E-state index in [1.165, 1.54) is 4.70 Å². The number of amides is 1. The molecule has 6 nitrogen and oxygen atoms in total. The van der Waals surface area contributed by atoms with Gasteiger partial charge in [0.1, 0.15) is 23.1 Å². The SMILES string of the molecule is Cc1noc(C)c1COc1ccc(C(=O)N2CCCC[C@H]2c2nc3ccccc3s2)cc1. The number of hydrogen-bond acceptors (Lipinski definition) is 6. The summed E-state index contributed by atoms with van der Waals surface area (Å²) in [7, 11) is 0. The number of hydrogen-bond donors (Lipinski definition) is 0. The van der Waals surface area contributed by atoms with Gasteiger partial charge in [0.05, 0.1) is 27.5 Å². The van der Waals surface area contributed by atoms with Crippen molar-refractivity contribution in [3.8, 4) is 5.75 Å². The van der Waals surface area contributed by atoms with Gasteiger partial charge >= 0.3 is 0 Å². The Kier molecular flexibility index (Phi) is 5.66. The van der Waals surface area contributed by atoms with Gasteiger partial charge in [0.25, 0.3) is 5.91 Å². The second-order valence-corrected chi connectivity index (χ2v) is 9.21. The topological polar surface area (TPSA) is 68.5 Å². The summed E-state index contributed by atoms with van der Waals surface area (Å²) in [6.45, 7) is 4.92. The average Bonchev–Trinajstić information content (AvgIpc) is 3.40. The van der Waals surface area contributed by atoms with Gasteiger partial charge in [-0.05, 0) is 69.5 Å². The summed E-state index contributed by atoms with van der Waals surface area (Å²) in [5, 5.41) is 4.98. The lowest BCUT2D eigenvalue weighted by Gasteiger charge is -2.34. The molecule has 0 unspecified atom stereocenters. The lowest BCUT2D eigenvalue weighted by Crippen LogP contribution is -2.38. The predicted octanol–water partition coefficient (Wildman–Crippen LogP) is 5.85. The van der Waals surface area contributed by atoms with Crippen LogP contribution in [0.5, 0.6) is 5.75 Å². The molecular formula is C25H25N3O3S. The van der Waals surface area contributed by atoms with Crippen LogP contribution in [0, 0.1) is 13.8 Å². The molecule has 32 heavy (non-hydrogen) atoms. The molecule has 1 aliphatic heterocycles. The lowest BCUT2D eigenvalue weighted by molar-refractivity contribution is 0.0611. The molecule has 0 N–H and O–H groups in total. The van der Waals surface area contributed by atoms with E-state index in [4.69, 9.17) is 14.2 Å². The Morgan fingerprint density at radius 3 is 2.72 bits per heavy atom. The van der Waals surface area contributed by atoms with E-state index in [1.807, 2.05) is 61.2 Å². The maximum atomic E-state index is 13.4. The van der Waals surface area contributed by atoms with E-state index in [0.717, 1.165) is 53.3 Å². The van der Waals surface area contributed by atoms with E-state index in [0.29, 0.717) is 17.9 Å². The largest absolute Gasteiger partial charge is 0.489 e. The summed E-state index contributed by atoms with van der Waals surface area (Å²) in [5.74, 6) is 1.52. The zero-order valence-electron chi connectivity index (χ0n) is 18.2. The molecule has 0 aliphatic carbocycles. The van der Waals surface area contributed by atoms with Crippen LogP contribution < -0.4 is 4.74 Å². The first-order valence-electron chi connectivity index (χ1n) is 10.9. The number of nitrogens with zero attached hydrogens (tertiary/aromatic N) is 3. The number of piperidine rings is 1. The highest BCUT2D eigenvalue weighted by Gasteiger charge is 2.31. The Hall–Kier alpha value is -3.19. The fraction of sp³-hybridized carbons (Fsp3) is 0.320. The van der Waals surface area contributed by atoms with E-state index >= 15 is 0 Å². The summed E-state index contributed by atoms with van der Waals surface area (Å²) in [6.07, 6.45) is 3.08. The van der Waals surface area contributed by atoms with Gasteiger partial charge in [-0.15, -0.1) is 11.3 Å². The summed E-state index contributed by atoms with van der Waals surface area (Å²) in [4.78, 5) is 20.2. The minimum Gasteiger partial charge on any atom is -0.489 e. The van der Waals surface area contributed by atoms with Crippen LogP contribution in [-0.4, -0.2) is 27.5 Å². The van der Waals surface area contributed by atoms with Crippen LogP contribution in [-0.2, 0) is 6.61 Å². The Morgan fingerprint density at radius 1 is 1.16 bits per heavy atom. The normalized spacial score (nSPS) is 16.4. The Morgan fingerprint density at radius 2 is 1.97 bits per heavy atom. The molecule has 5 rings (SSSR count). The molecule has 4 aromatic rings.